The van der Waals surface area contributed by atoms with E-state index in [1.807, 2.05) is 6.92 Å². The van der Waals surface area contributed by atoms with Crippen molar-refractivity contribution in [2.75, 3.05) is 13.7 Å². The quantitative estimate of drug-likeness (QED) is 0.668. The average Bonchev–Trinajstić information content (AvgIpc) is 2.59. The number of nitro benzene ring substituents is 1. The molecule has 2 rings (SSSR count). The van der Waals surface area contributed by atoms with E-state index in [1.165, 1.54) is 6.07 Å². The summed E-state index contributed by atoms with van der Waals surface area (Å²) in [5.41, 5.74) is 1.01. The van der Waals surface area contributed by atoms with Gasteiger partial charge in [0.2, 0.25) is 0 Å². The summed E-state index contributed by atoms with van der Waals surface area (Å²) in [6.45, 7) is 2.06. The molecule has 0 radical (unpaired) electrons. The van der Waals surface area contributed by atoms with E-state index < -0.39 is 4.92 Å². The number of amides is 1. The zero-order chi connectivity index (χ0) is 17.0. The number of hydrogen-bond acceptors (Lipinski definition) is 4. The van der Waals surface area contributed by atoms with E-state index in [1.54, 1.807) is 24.1 Å². The molecule has 1 aromatic carbocycles. The summed E-state index contributed by atoms with van der Waals surface area (Å²) in [6, 6.07) is 4.86. The lowest BCUT2D eigenvalue weighted by Gasteiger charge is -2.34. The smallest absolute Gasteiger partial charge is 0.273 e. The van der Waals surface area contributed by atoms with Crippen LogP contribution >= 0.6 is 0 Å². The van der Waals surface area contributed by atoms with E-state index in [9.17, 15) is 20.0 Å². The van der Waals surface area contributed by atoms with Gasteiger partial charge >= 0.3 is 0 Å². The largest absolute Gasteiger partial charge is 0.396 e. The van der Waals surface area contributed by atoms with Crippen LogP contribution in [0.15, 0.2) is 18.2 Å². The third kappa shape index (κ3) is 3.88. The van der Waals surface area contributed by atoms with Crippen molar-refractivity contribution in [1.29, 1.82) is 0 Å². The minimum atomic E-state index is -0.429. The second kappa shape index (κ2) is 7.55. The Morgan fingerprint density at radius 3 is 2.52 bits per heavy atom. The van der Waals surface area contributed by atoms with Gasteiger partial charge in [0, 0.05) is 36.9 Å². The molecule has 0 heterocycles. The van der Waals surface area contributed by atoms with Crippen molar-refractivity contribution in [1.82, 2.24) is 4.90 Å². The predicted octanol–water partition coefficient (Wildman–Crippen LogP) is 2.78. The van der Waals surface area contributed by atoms with Crippen molar-refractivity contribution in [3.05, 3.63) is 39.4 Å². The number of nitrogens with zero attached hydrogens (tertiary/aromatic N) is 2. The normalized spacial score (nSPS) is 21.0. The molecule has 23 heavy (non-hydrogen) atoms. The minimum absolute atomic E-state index is 0.00994. The first kappa shape index (κ1) is 17.4. The zero-order valence-corrected chi connectivity index (χ0v) is 13.7. The Labute approximate surface area is 136 Å². The van der Waals surface area contributed by atoms with Crippen molar-refractivity contribution in [2.45, 2.75) is 45.1 Å². The first-order valence-corrected chi connectivity index (χ1v) is 8.13. The molecule has 6 nitrogen and oxygen atoms in total. The lowest BCUT2D eigenvalue weighted by Crippen LogP contribution is -2.39. The zero-order valence-electron chi connectivity index (χ0n) is 13.7. The molecule has 1 N–H and O–H groups in total. The van der Waals surface area contributed by atoms with Crippen LogP contribution in [0.25, 0.3) is 0 Å². The highest BCUT2D eigenvalue weighted by Gasteiger charge is 2.27. The molecule has 0 spiro atoms. The van der Waals surface area contributed by atoms with Gasteiger partial charge < -0.3 is 10.0 Å². The topological polar surface area (TPSA) is 83.7 Å². The Kier molecular flexibility index (Phi) is 5.71. The number of benzene rings is 1. The van der Waals surface area contributed by atoms with E-state index in [-0.39, 0.29) is 24.2 Å². The monoisotopic (exact) mass is 320 g/mol. The molecule has 1 aliphatic rings. The molecule has 0 unspecified atom stereocenters. The fourth-order valence-corrected chi connectivity index (χ4v) is 3.25. The molecular formula is C17H24N2O4. The molecule has 0 aliphatic heterocycles. The lowest BCUT2D eigenvalue weighted by atomic mass is 9.86. The van der Waals surface area contributed by atoms with Crippen LogP contribution in [0.4, 0.5) is 5.69 Å². The van der Waals surface area contributed by atoms with Gasteiger partial charge in [-0.1, -0.05) is 13.0 Å². The van der Waals surface area contributed by atoms with Crippen molar-refractivity contribution < 1.29 is 14.8 Å². The maximum Gasteiger partial charge on any atom is 0.273 e. The van der Waals surface area contributed by atoms with E-state index in [2.05, 4.69) is 0 Å². The van der Waals surface area contributed by atoms with Gasteiger partial charge in [0.15, 0.2) is 0 Å². The van der Waals surface area contributed by atoms with Gasteiger partial charge in [-0.2, -0.15) is 0 Å². The molecule has 1 saturated carbocycles. The first-order chi connectivity index (χ1) is 11.0. The summed E-state index contributed by atoms with van der Waals surface area (Å²) < 4.78 is 0. The molecule has 0 bridgehead atoms. The number of carbonyl (C=O) groups is 1. The second-order valence-corrected chi connectivity index (χ2v) is 6.23. The summed E-state index contributed by atoms with van der Waals surface area (Å²) >= 11 is 0. The highest BCUT2D eigenvalue weighted by Crippen LogP contribution is 2.28. The SMILES string of the molecule is CCc1ccc(C(=O)N(C)C2CCC(CO)CC2)cc1[N+](=O)[O-]. The molecule has 1 aromatic rings. The van der Waals surface area contributed by atoms with Gasteiger partial charge in [0.1, 0.15) is 0 Å². The number of hydrogen-bond donors (Lipinski definition) is 1. The molecule has 0 aromatic heterocycles. The maximum atomic E-state index is 12.6. The Bertz CT molecular complexity index is 580. The van der Waals surface area contributed by atoms with Crippen LogP contribution in [0.5, 0.6) is 0 Å². The highest BCUT2D eigenvalue weighted by atomic mass is 16.6. The summed E-state index contributed by atoms with van der Waals surface area (Å²) in [4.78, 5) is 25.0. The Morgan fingerprint density at radius 1 is 1.35 bits per heavy atom. The minimum Gasteiger partial charge on any atom is -0.396 e. The Hall–Kier alpha value is -1.95. The van der Waals surface area contributed by atoms with Crippen LogP contribution < -0.4 is 0 Å². The van der Waals surface area contributed by atoms with Gasteiger partial charge in [-0.05, 0) is 44.1 Å². The fourth-order valence-electron chi connectivity index (χ4n) is 3.25. The van der Waals surface area contributed by atoms with Crippen LogP contribution in [0.1, 0.15) is 48.5 Å². The third-order valence-corrected chi connectivity index (χ3v) is 4.85. The molecule has 126 valence electrons. The first-order valence-electron chi connectivity index (χ1n) is 8.13. The number of aryl methyl sites for hydroxylation is 1. The number of rotatable bonds is 5. The van der Waals surface area contributed by atoms with Crippen molar-refractivity contribution in [2.24, 2.45) is 5.92 Å². The van der Waals surface area contributed by atoms with Crippen LogP contribution in [-0.2, 0) is 6.42 Å². The van der Waals surface area contributed by atoms with E-state index in [0.29, 0.717) is 23.5 Å². The lowest BCUT2D eigenvalue weighted by molar-refractivity contribution is -0.385. The Morgan fingerprint density at radius 2 is 2.00 bits per heavy atom. The van der Waals surface area contributed by atoms with Crippen molar-refractivity contribution >= 4 is 11.6 Å². The van der Waals surface area contributed by atoms with E-state index in [0.717, 1.165) is 25.7 Å². The molecule has 1 fully saturated rings. The summed E-state index contributed by atoms with van der Waals surface area (Å²) in [7, 11) is 1.76. The van der Waals surface area contributed by atoms with Gasteiger partial charge in [0.05, 0.1) is 4.92 Å². The van der Waals surface area contributed by atoms with Gasteiger partial charge in [0.25, 0.3) is 11.6 Å². The summed E-state index contributed by atoms with van der Waals surface area (Å²) in [5.74, 6) is 0.155. The van der Waals surface area contributed by atoms with Gasteiger partial charge in [-0.15, -0.1) is 0 Å². The van der Waals surface area contributed by atoms with Crippen LogP contribution in [0.2, 0.25) is 0 Å². The molecular weight excluding hydrogens is 296 g/mol. The maximum absolute atomic E-state index is 12.6. The van der Waals surface area contributed by atoms with Gasteiger partial charge in [-0.25, -0.2) is 0 Å². The number of nitro groups is 1. The number of aliphatic hydroxyl groups is 1. The number of carbonyl (C=O) groups excluding carboxylic acids is 1. The summed E-state index contributed by atoms with van der Waals surface area (Å²) in [6.07, 6.45) is 4.11. The van der Waals surface area contributed by atoms with Crippen LogP contribution in [-0.4, -0.2) is 40.5 Å². The van der Waals surface area contributed by atoms with E-state index in [4.69, 9.17) is 0 Å². The third-order valence-electron chi connectivity index (χ3n) is 4.85. The number of aliphatic hydroxyl groups excluding tert-OH is 1. The molecule has 1 amide bonds. The molecule has 6 heteroatoms. The fraction of sp³-hybridized carbons (Fsp3) is 0.588. The summed E-state index contributed by atoms with van der Waals surface area (Å²) in [5, 5.41) is 20.3. The van der Waals surface area contributed by atoms with Crippen LogP contribution in [0, 0.1) is 16.0 Å². The average molecular weight is 320 g/mol. The van der Waals surface area contributed by atoms with Crippen molar-refractivity contribution in [3.63, 3.8) is 0 Å². The molecule has 0 atom stereocenters. The highest BCUT2D eigenvalue weighted by molar-refractivity contribution is 5.95. The molecule has 0 saturated heterocycles. The standard InChI is InChI=1S/C17H24N2O4/c1-3-13-6-7-14(10-16(13)19(22)23)17(21)18(2)15-8-4-12(11-20)5-9-15/h6-7,10,12,15,20H,3-5,8-9,11H2,1-2H3. The Balaban J connectivity index is 2.13. The predicted molar refractivity (Wildman–Crippen MR) is 87.4 cm³/mol. The second-order valence-electron chi connectivity index (χ2n) is 6.23. The van der Waals surface area contributed by atoms with E-state index >= 15 is 0 Å². The van der Waals surface area contributed by atoms with Gasteiger partial charge in [-0.3, -0.25) is 14.9 Å². The van der Waals surface area contributed by atoms with Crippen LogP contribution in [0.3, 0.4) is 0 Å². The van der Waals surface area contributed by atoms with Crippen molar-refractivity contribution in [3.8, 4) is 0 Å². The molecule has 1 aliphatic carbocycles.